The number of amides is 2. The second-order valence-corrected chi connectivity index (χ2v) is 8.16. The fourth-order valence-electron chi connectivity index (χ4n) is 4.13. The molecule has 0 saturated carbocycles. The molecule has 10 heteroatoms. The maximum absolute atomic E-state index is 13.3. The maximum atomic E-state index is 13.3. The van der Waals surface area contributed by atoms with E-state index in [-0.39, 0.29) is 43.5 Å². The Bertz CT molecular complexity index is 1290. The van der Waals surface area contributed by atoms with E-state index in [2.05, 4.69) is 10.3 Å². The molecule has 3 heterocycles. The van der Waals surface area contributed by atoms with Gasteiger partial charge in [-0.2, -0.15) is 0 Å². The Morgan fingerprint density at radius 3 is 2.59 bits per heavy atom. The van der Waals surface area contributed by atoms with Crippen LogP contribution in [0.15, 0.2) is 41.3 Å². The van der Waals surface area contributed by atoms with Crippen LogP contribution in [0, 0.1) is 5.82 Å². The lowest BCUT2D eigenvalue weighted by atomic mass is 10.1. The van der Waals surface area contributed by atoms with Gasteiger partial charge in [-0.25, -0.2) is 4.39 Å². The fourth-order valence-corrected chi connectivity index (χ4v) is 4.13. The summed E-state index contributed by atoms with van der Waals surface area (Å²) in [5, 5.41) is 22.1. The van der Waals surface area contributed by atoms with Crippen LogP contribution in [-0.2, 0) is 17.8 Å². The molecular weight excluding hydrogens is 443 g/mol. The molecule has 1 aliphatic rings. The minimum absolute atomic E-state index is 0.00664. The highest BCUT2D eigenvalue weighted by Gasteiger charge is 2.25. The van der Waals surface area contributed by atoms with E-state index in [1.807, 2.05) is 0 Å². The predicted octanol–water partition coefficient (Wildman–Crippen LogP) is 1.18. The van der Waals surface area contributed by atoms with Crippen molar-refractivity contribution in [2.75, 3.05) is 26.2 Å². The van der Waals surface area contributed by atoms with Crippen molar-refractivity contribution in [1.29, 1.82) is 0 Å². The van der Waals surface area contributed by atoms with Crippen LogP contribution < -0.4 is 10.9 Å². The Balaban J connectivity index is 1.78. The Morgan fingerprint density at radius 1 is 1.15 bits per heavy atom. The molecule has 0 radical (unpaired) electrons. The number of hydrogen-bond donors (Lipinski definition) is 3. The Morgan fingerprint density at radius 2 is 1.91 bits per heavy atom. The third-order valence-electron chi connectivity index (χ3n) is 5.85. The molecule has 178 valence electrons. The second kappa shape index (κ2) is 10.0. The van der Waals surface area contributed by atoms with Gasteiger partial charge in [0.05, 0.1) is 12.1 Å². The van der Waals surface area contributed by atoms with Gasteiger partial charge in [-0.05, 0) is 42.2 Å². The summed E-state index contributed by atoms with van der Waals surface area (Å²) in [4.78, 5) is 43.9. The number of nitrogens with one attached hydrogen (secondary N) is 1. The molecule has 0 atom stereocenters. The summed E-state index contributed by atoms with van der Waals surface area (Å²) in [5.74, 6) is -1.70. The highest BCUT2D eigenvalue weighted by atomic mass is 19.1. The fraction of sp³-hybridized carbons (Fsp3) is 0.333. The Kier molecular flexibility index (Phi) is 6.87. The van der Waals surface area contributed by atoms with Gasteiger partial charge in [-0.15, -0.1) is 0 Å². The van der Waals surface area contributed by atoms with E-state index in [0.717, 1.165) is 17.5 Å². The van der Waals surface area contributed by atoms with Crippen molar-refractivity contribution in [2.45, 2.75) is 25.8 Å². The number of carbonyl (C=O) groups excluding carboxylic acids is 2. The SMILES string of the molecule is O=C(NCCO)c1c(O)c2ncc(Cc3ccc(F)cc3)cc2n(CCN2CCCC2=O)c1=O. The van der Waals surface area contributed by atoms with Crippen LogP contribution in [0.3, 0.4) is 0 Å². The molecule has 3 N–H and O–H groups in total. The predicted molar refractivity (Wildman–Crippen MR) is 122 cm³/mol. The zero-order valence-corrected chi connectivity index (χ0v) is 18.5. The number of aromatic nitrogens is 2. The first-order valence-electron chi connectivity index (χ1n) is 11.0. The molecule has 1 aliphatic heterocycles. The number of likely N-dealkylation sites (tertiary alicyclic amines) is 1. The molecule has 2 amide bonds. The zero-order chi connectivity index (χ0) is 24.2. The summed E-state index contributed by atoms with van der Waals surface area (Å²) in [6, 6.07) is 7.72. The van der Waals surface area contributed by atoms with Gasteiger partial charge in [0.2, 0.25) is 5.91 Å². The summed E-state index contributed by atoms with van der Waals surface area (Å²) in [6.07, 6.45) is 3.16. The number of aliphatic hydroxyl groups excluding tert-OH is 1. The van der Waals surface area contributed by atoms with Crippen molar-refractivity contribution in [3.05, 3.63) is 69.4 Å². The van der Waals surface area contributed by atoms with E-state index >= 15 is 0 Å². The van der Waals surface area contributed by atoms with Gasteiger partial charge in [-0.3, -0.25) is 19.4 Å². The van der Waals surface area contributed by atoms with Crippen LogP contribution in [0.4, 0.5) is 4.39 Å². The molecule has 2 aromatic heterocycles. The van der Waals surface area contributed by atoms with Gasteiger partial charge in [0.15, 0.2) is 5.75 Å². The minimum Gasteiger partial charge on any atom is -0.505 e. The van der Waals surface area contributed by atoms with E-state index in [0.29, 0.717) is 24.9 Å². The van der Waals surface area contributed by atoms with Crippen LogP contribution in [-0.4, -0.2) is 62.7 Å². The largest absolute Gasteiger partial charge is 0.505 e. The number of halogens is 1. The molecular formula is C24H25FN4O5. The van der Waals surface area contributed by atoms with Crippen molar-refractivity contribution in [3.63, 3.8) is 0 Å². The number of aliphatic hydroxyl groups is 1. The molecule has 1 fully saturated rings. The number of nitrogens with zero attached hydrogens (tertiary/aromatic N) is 3. The second-order valence-electron chi connectivity index (χ2n) is 8.16. The number of pyridine rings is 2. The first-order valence-corrected chi connectivity index (χ1v) is 11.0. The molecule has 0 aliphatic carbocycles. The van der Waals surface area contributed by atoms with Crippen LogP contribution in [0.2, 0.25) is 0 Å². The lowest BCUT2D eigenvalue weighted by Crippen LogP contribution is -2.37. The van der Waals surface area contributed by atoms with Crippen molar-refractivity contribution in [1.82, 2.24) is 19.8 Å². The van der Waals surface area contributed by atoms with E-state index in [9.17, 15) is 23.9 Å². The van der Waals surface area contributed by atoms with Crippen LogP contribution in [0.5, 0.6) is 5.75 Å². The minimum atomic E-state index is -0.818. The molecule has 4 rings (SSSR count). The molecule has 0 spiro atoms. The van der Waals surface area contributed by atoms with Crippen molar-refractivity contribution in [2.24, 2.45) is 0 Å². The molecule has 0 bridgehead atoms. The number of fused-ring (bicyclic) bond motifs is 1. The lowest BCUT2D eigenvalue weighted by molar-refractivity contribution is -0.127. The quantitative estimate of drug-likeness (QED) is 0.456. The Hall–Kier alpha value is -3.79. The smallest absolute Gasteiger partial charge is 0.267 e. The van der Waals surface area contributed by atoms with E-state index in [1.165, 1.54) is 22.9 Å². The van der Waals surface area contributed by atoms with Crippen LogP contribution in [0.25, 0.3) is 11.0 Å². The first-order chi connectivity index (χ1) is 16.4. The van der Waals surface area contributed by atoms with E-state index < -0.39 is 22.8 Å². The number of aromatic hydroxyl groups is 1. The molecule has 9 nitrogen and oxygen atoms in total. The monoisotopic (exact) mass is 468 g/mol. The topological polar surface area (TPSA) is 125 Å². The van der Waals surface area contributed by atoms with Crippen molar-refractivity contribution in [3.8, 4) is 5.75 Å². The number of benzene rings is 1. The summed E-state index contributed by atoms with van der Waals surface area (Å²) < 4.78 is 14.6. The maximum Gasteiger partial charge on any atom is 0.267 e. The van der Waals surface area contributed by atoms with Gasteiger partial charge in [0, 0.05) is 38.8 Å². The van der Waals surface area contributed by atoms with Crippen LogP contribution >= 0.6 is 0 Å². The normalized spacial score (nSPS) is 13.6. The summed E-state index contributed by atoms with van der Waals surface area (Å²) in [6.45, 7) is 0.585. The first kappa shape index (κ1) is 23.4. The highest BCUT2D eigenvalue weighted by molar-refractivity contribution is 6.01. The van der Waals surface area contributed by atoms with Crippen molar-refractivity contribution >= 4 is 22.8 Å². The zero-order valence-electron chi connectivity index (χ0n) is 18.5. The van der Waals surface area contributed by atoms with E-state index in [1.54, 1.807) is 23.1 Å². The van der Waals surface area contributed by atoms with Gasteiger partial charge in [0.25, 0.3) is 11.5 Å². The average Bonchev–Trinajstić information content (AvgIpc) is 3.23. The standard InChI is InChI=1S/C24H25FN4O5/c25-17-5-3-15(4-6-17)12-16-13-18-21(27-14-16)22(32)20(23(33)26-7-11-30)24(34)29(18)10-9-28-8-1-2-19(28)31/h3-6,13-14,30,32H,1-2,7-12H2,(H,26,33). The number of carbonyl (C=O) groups is 2. The molecule has 3 aromatic rings. The molecule has 34 heavy (non-hydrogen) atoms. The molecule has 1 saturated heterocycles. The molecule has 1 aromatic carbocycles. The number of rotatable bonds is 8. The molecule has 0 unspecified atom stereocenters. The Labute approximate surface area is 194 Å². The summed E-state index contributed by atoms with van der Waals surface area (Å²) >= 11 is 0. The van der Waals surface area contributed by atoms with Gasteiger partial charge in [-0.1, -0.05) is 12.1 Å². The lowest BCUT2D eigenvalue weighted by Gasteiger charge is -2.19. The third-order valence-corrected chi connectivity index (χ3v) is 5.85. The van der Waals surface area contributed by atoms with Crippen LogP contribution in [0.1, 0.15) is 34.3 Å². The van der Waals surface area contributed by atoms with Gasteiger partial charge >= 0.3 is 0 Å². The van der Waals surface area contributed by atoms with E-state index in [4.69, 9.17) is 5.11 Å². The average molecular weight is 468 g/mol. The number of hydrogen-bond acceptors (Lipinski definition) is 6. The summed E-state index contributed by atoms with van der Waals surface area (Å²) in [7, 11) is 0. The van der Waals surface area contributed by atoms with Crippen molar-refractivity contribution < 1.29 is 24.2 Å². The summed E-state index contributed by atoms with van der Waals surface area (Å²) in [5.41, 5.74) is 0.779. The third kappa shape index (κ3) is 4.76. The van der Waals surface area contributed by atoms with Gasteiger partial charge < -0.3 is 25.0 Å². The highest BCUT2D eigenvalue weighted by Crippen LogP contribution is 2.26. The van der Waals surface area contributed by atoms with Gasteiger partial charge in [0.1, 0.15) is 16.9 Å².